The summed E-state index contributed by atoms with van der Waals surface area (Å²) in [6.07, 6.45) is 4.32. The van der Waals surface area contributed by atoms with E-state index < -0.39 is 40.9 Å². The first kappa shape index (κ1) is 23.9. The topological polar surface area (TPSA) is 137 Å². The number of carbonyl (C=O) groups is 2. The summed E-state index contributed by atoms with van der Waals surface area (Å²) >= 11 is 3.40. The van der Waals surface area contributed by atoms with Gasteiger partial charge < -0.3 is 14.6 Å². The molecule has 0 aromatic rings. The number of amides is 3. The molecule has 0 aromatic heterocycles. The van der Waals surface area contributed by atoms with Gasteiger partial charge in [-0.3, -0.25) is 15.0 Å². The molecule has 0 spiro atoms. The fourth-order valence-corrected chi connectivity index (χ4v) is 4.05. The van der Waals surface area contributed by atoms with Crippen LogP contribution in [-0.2, 0) is 14.3 Å². The van der Waals surface area contributed by atoms with E-state index in [2.05, 4.69) is 38.2 Å². The van der Waals surface area contributed by atoms with Crippen LogP contribution in [0.25, 0.3) is 10.4 Å². The van der Waals surface area contributed by atoms with Crippen LogP contribution < -0.4 is 5.32 Å². The van der Waals surface area contributed by atoms with Crippen molar-refractivity contribution in [3.05, 3.63) is 10.4 Å². The second kappa shape index (κ2) is 11.1. The lowest BCUT2D eigenvalue weighted by atomic mass is 10.0. The van der Waals surface area contributed by atoms with Crippen LogP contribution >= 0.6 is 15.9 Å². The molecule has 2 saturated heterocycles. The predicted octanol–water partition coefficient (Wildman–Crippen LogP) is 3.18. The van der Waals surface area contributed by atoms with Crippen molar-refractivity contribution in [3.8, 4) is 0 Å². The summed E-state index contributed by atoms with van der Waals surface area (Å²) in [6, 6.07) is -1.25. The van der Waals surface area contributed by atoms with Gasteiger partial charge in [0.25, 0.3) is 0 Å². The molecule has 0 aromatic carbocycles. The van der Waals surface area contributed by atoms with E-state index in [0.29, 0.717) is 6.61 Å². The Kier molecular flexibility index (Phi) is 9.16. The van der Waals surface area contributed by atoms with E-state index in [4.69, 9.17) is 15.0 Å². The molecule has 2 N–H and O–H groups in total. The van der Waals surface area contributed by atoms with Crippen molar-refractivity contribution in [2.45, 2.75) is 87.7 Å². The molecule has 0 bridgehead atoms. The smallest absolute Gasteiger partial charge is 0.328 e. The Morgan fingerprint density at radius 2 is 2.07 bits per heavy atom. The molecular weight excluding hydrogens is 446 g/mol. The van der Waals surface area contributed by atoms with Crippen LogP contribution in [0.15, 0.2) is 5.11 Å². The minimum atomic E-state index is -1.17. The maximum atomic E-state index is 12.6. The number of hydrogen-bond donors (Lipinski definition) is 2. The van der Waals surface area contributed by atoms with Crippen molar-refractivity contribution in [3.63, 3.8) is 0 Å². The first-order valence-electron chi connectivity index (χ1n) is 10.1. The summed E-state index contributed by atoms with van der Waals surface area (Å²) in [4.78, 5) is 29.1. The van der Waals surface area contributed by atoms with Crippen molar-refractivity contribution in [2.24, 2.45) is 5.11 Å². The summed E-state index contributed by atoms with van der Waals surface area (Å²) in [5.74, 6) is -0.491. The third-order valence-electron chi connectivity index (χ3n) is 5.28. The summed E-state index contributed by atoms with van der Waals surface area (Å²) in [7, 11) is 0. The van der Waals surface area contributed by atoms with E-state index in [9.17, 15) is 14.7 Å². The molecule has 0 saturated carbocycles. The molecule has 0 unspecified atom stereocenters. The van der Waals surface area contributed by atoms with E-state index in [1.165, 1.54) is 24.2 Å². The second-order valence-electron chi connectivity index (χ2n) is 7.55. The molecule has 5 atom stereocenters. The minimum Gasteiger partial charge on any atom is -0.394 e. The number of aliphatic hydroxyl groups is 1. The fraction of sp³-hybridized carbons (Fsp3) is 0.889. The lowest BCUT2D eigenvalue weighted by Crippen LogP contribution is -2.69. The Morgan fingerprint density at radius 3 is 2.72 bits per heavy atom. The zero-order chi connectivity index (χ0) is 21.4. The van der Waals surface area contributed by atoms with Crippen molar-refractivity contribution in [2.75, 3.05) is 13.2 Å². The number of imide groups is 1. The van der Waals surface area contributed by atoms with Crippen molar-refractivity contribution < 1.29 is 24.2 Å². The van der Waals surface area contributed by atoms with Crippen LogP contribution in [-0.4, -0.2) is 64.1 Å². The van der Waals surface area contributed by atoms with Crippen LogP contribution in [0.2, 0.25) is 0 Å². The fourth-order valence-electron chi connectivity index (χ4n) is 3.60. The molecule has 2 fully saturated rings. The zero-order valence-corrected chi connectivity index (χ0v) is 18.5. The molecule has 29 heavy (non-hydrogen) atoms. The normalized spacial score (nSPS) is 32.2. The van der Waals surface area contributed by atoms with Gasteiger partial charge in [0.05, 0.1) is 18.8 Å². The SMILES string of the molecule is CCCCCCCCO[C@H]1N([C@H]2C[C@H](N=[N+]=[N-])[C@@H](CO)O2)C(=O)NC(=O)[C@]1(C)Br. The number of nitrogens with zero attached hydrogens (tertiary/aromatic N) is 4. The summed E-state index contributed by atoms with van der Waals surface area (Å²) < 4.78 is 10.6. The van der Waals surface area contributed by atoms with E-state index in [1.54, 1.807) is 6.92 Å². The van der Waals surface area contributed by atoms with Crippen molar-refractivity contribution in [1.29, 1.82) is 0 Å². The number of rotatable bonds is 11. The van der Waals surface area contributed by atoms with Crippen LogP contribution in [0.1, 0.15) is 58.8 Å². The first-order chi connectivity index (χ1) is 13.9. The van der Waals surface area contributed by atoms with E-state index in [0.717, 1.165) is 19.3 Å². The highest BCUT2D eigenvalue weighted by Crippen LogP contribution is 2.36. The molecule has 2 heterocycles. The van der Waals surface area contributed by atoms with Crippen LogP contribution in [0.3, 0.4) is 0 Å². The first-order valence-corrected chi connectivity index (χ1v) is 10.9. The number of nitrogens with one attached hydrogen (secondary N) is 1. The minimum absolute atomic E-state index is 0.205. The monoisotopic (exact) mass is 475 g/mol. The number of unbranched alkanes of at least 4 members (excludes halogenated alkanes) is 5. The maximum Gasteiger partial charge on any atom is 0.328 e. The van der Waals surface area contributed by atoms with E-state index in [-0.39, 0.29) is 13.0 Å². The van der Waals surface area contributed by atoms with Crippen LogP contribution in [0.4, 0.5) is 4.79 Å². The molecule has 2 aliphatic heterocycles. The van der Waals surface area contributed by atoms with E-state index in [1.807, 2.05) is 0 Å². The number of aliphatic hydroxyl groups excluding tert-OH is 1. The van der Waals surface area contributed by atoms with Crippen LogP contribution in [0.5, 0.6) is 0 Å². The van der Waals surface area contributed by atoms with Gasteiger partial charge in [-0.05, 0) is 18.9 Å². The summed E-state index contributed by atoms with van der Waals surface area (Å²) in [5.41, 5.74) is 8.73. The molecule has 2 rings (SSSR count). The second-order valence-corrected chi connectivity index (χ2v) is 9.20. The highest BCUT2D eigenvalue weighted by molar-refractivity contribution is 9.10. The summed E-state index contributed by atoms with van der Waals surface area (Å²) in [5, 5.41) is 15.5. The van der Waals surface area contributed by atoms with Gasteiger partial charge >= 0.3 is 6.03 Å². The summed E-state index contributed by atoms with van der Waals surface area (Å²) in [6.45, 7) is 3.85. The number of azide groups is 1. The Hall–Kier alpha value is -1.39. The van der Waals surface area contributed by atoms with Gasteiger partial charge in [0.15, 0.2) is 6.23 Å². The van der Waals surface area contributed by atoms with Gasteiger partial charge in [0.1, 0.15) is 10.6 Å². The van der Waals surface area contributed by atoms with Gasteiger partial charge in [-0.2, -0.15) is 0 Å². The third-order valence-corrected chi connectivity index (χ3v) is 6.04. The lowest BCUT2D eigenvalue weighted by molar-refractivity contribution is -0.159. The van der Waals surface area contributed by atoms with Gasteiger partial charge in [-0.1, -0.05) is 60.1 Å². The molecule has 0 radical (unpaired) electrons. The molecule has 3 amide bonds. The number of halogens is 1. The van der Waals surface area contributed by atoms with Crippen molar-refractivity contribution in [1.82, 2.24) is 10.2 Å². The Bertz CT molecular complexity index is 628. The van der Waals surface area contributed by atoms with Gasteiger partial charge in [0, 0.05) is 17.9 Å². The number of ether oxygens (including phenoxy) is 2. The molecule has 164 valence electrons. The quantitative estimate of drug-likeness (QED) is 0.155. The highest BCUT2D eigenvalue weighted by atomic mass is 79.9. The Balaban J connectivity index is 2.07. The lowest BCUT2D eigenvalue weighted by Gasteiger charge is -2.45. The average Bonchev–Trinajstić information content (AvgIpc) is 3.07. The molecule has 11 heteroatoms. The Labute approximate surface area is 179 Å². The van der Waals surface area contributed by atoms with E-state index >= 15 is 0 Å². The zero-order valence-electron chi connectivity index (χ0n) is 16.9. The van der Waals surface area contributed by atoms with Crippen molar-refractivity contribution >= 4 is 27.9 Å². The number of hydrogen-bond acceptors (Lipinski definition) is 6. The Morgan fingerprint density at radius 1 is 1.38 bits per heavy atom. The number of urea groups is 1. The maximum absolute atomic E-state index is 12.6. The highest BCUT2D eigenvalue weighted by Gasteiger charge is 2.54. The molecular formula is C18H30BrN5O5. The largest absolute Gasteiger partial charge is 0.394 e. The number of alkyl halides is 1. The molecule has 10 nitrogen and oxygen atoms in total. The van der Waals surface area contributed by atoms with Gasteiger partial charge in [0.2, 0.25) is 5.91 Å². The van der Waals surface area contributed by atoms with Gasteiger partial charge in [-0.15, -0.1) is 0 Å². The molecule has 0 aliphatic carbocycles. The predicted molar refractivity (Wildman–Crippen MR) is 109 cm³/mol. The standard InChI is InChI=1S/C18H30BrN5O5/c1-3-4-5-6-7-8-9-28-16-18(2,19)15(26)21-17(27)24(16)14-10-12(22-23-20)13(11-25)29-14/h12-14,16,25H,3-11H2,1-2H3,(H,21,26,27)/t12-,13+,14+,16+,18-/m0/s1. The van der Waals surface area contributed by atoms with Gasteiger partial charge in [-0.25, -0.2) is 4.79 Å². The third kappa shape index (κ3) is 5.82. The molecule has 2 aliphatic rings. The average molecular weight is 476 g/mol. The number of carbonyl (C=O) groups excluding carboxylic acids is 2. The van der Waals surface area contributed by atoms with Crippen LogP contribution in [0, 0.1) is 0 Å².